The van der Waals surface area contributed by atoms with Crippen molar-refractivity contribution in [2.75, 3.05) is 31.6 Å². The van der Waals surface area contributed by atoms with Gasteiger partial charge in [-0.2, -0.15) is 4.31 Å². The number of aromatic nitrogens is 1. The molecule has 14 heteroatoms. The van der Waals surface area contributed by atoms with Crippen LogP contribution in [0.2, 0.25) is 0 Å². The molecular weight excluding hydrogens is 592 g/mol. The van der Waals surface area contributed by atoms with Gasteiger partial charge in [-0.15, -0.1) is 0 Å². The molecule has 0 radical (unpaired) electrons. The van der Waals surface area contributed by atoms with Gasteiger partial charge in [-0.25, -0.2) is 13.2 Å². The number of hydrogen-bond donors (Lipinski definition) is 3. The van der Waals surface area contributed by atoms with Crippen LogP contribution in [0.25, 0.3) is 11.0 Å². The molecule has 238 valence electrons. The van der Waals surface area contributed by atoms with E-state index in [1.165, 1.54) is 29.4 Å². The predicted octanol–water partition coefficient (Wildman–Crippen LogP) is 2.89. The zero-order valence-corrected chi connectivity index (χ0v) is 25.7. The Balaban J connectivity index is 1.37. The molecule has 0 bridgehead atoms. The van der Waals surface area contributed by atoms with Crippen molar-refractivity contribution in [1.29, 1.82) is 0 Å². The molecule has 13 nitrogen and oxygen atoms in total. The number of sulfonamides is 1. The summed E-state index contributed by atoms with van der Waals surface area (Å²) < 4.78 is 51.1. The molecule has 2 fully saturated rings. The number of carbonyl (C=O) groups excluding carboxylic acids is 2. The Morgan fingerprint density at radius 3 is 2.64 bits per heavy atom. The van der Waals surface area contributed by atoms with Crippen molar-refractivity contribution in [1.82, 2.24) is 14.8 Å². The number of fused-ring (bicyclic) bond motifs is 2. The lowest BCUT2D eigenvalue weighted by molar-refractivity contribution is -0.114. The van der Waals surface area contributed by atoms with Crippen molar-refractivity contribution in [3.8, 4) is 0 Å². The molecular formula is C30H38N4O9S. The van der Waals surface area contributed by atoms with Crippen molar-refractivity contribution in [2.45, 2.75) is 63.0 Å². The number of anilines is 1. The normalized spacial score (nSPS) is 21.4. The molecule has 2 amide bonds. The molecule has 3 heterocycles. The topological polar surface area (TPSA) is 170 Å². The maximum Gasteiger partial charge on any atom is 0.407 e. The average molecular weight is 631 g/mol. The van der Waals surface area contributed by atoms with Gasteiger partial charge >= 0.3 is 6.09 Å². The van der Waals surface area contributed by atoms with Gasteiger partial charge in [0, 0.05) is 20.0 Å². The fourth-order valence-corrected chi connectivity index (χ4v) is 7.17. The lowest BCUT2D eigenvalue weighted by Gasteiger charge is -2.31. The van der Waals surface area contributed by atoms with Gasteiger partial charge in [0.2, 0.25) is 15.9 Å². The summed E-state index contributed by atoms with van der Waals surface area (Å²) in [5, 5.41) is 21.0. The van der Waals surface area contributed by atoms with E-state index in [-0.39, 0.29) is 60.9 Å². The van der Waals surface area contributed by atoms with Crippen molar-refractivity contribution in [3.63, 3.8) is 0 Å². The first-order valence-corrected chi connectivity index (χ1v) is 16.0. The number of aliphatic hydroxyl groups is 1. The highest BCUT2D eigenvalue weighted by Crippen LogP contribution is 2.33. The van der Waals surface area contributed by atoms with Crippen molar-refractivity contribution in [3.05, 3.63) is 54.1 Å². The Bertz CT molecular complexity index is 1560. The highest BCUT2D eigenvalue weighted by molar-refractivity contribution is 7.89. The zero-order valence-electron chi connectivity index (χ0n) is 24.8. The second-order valence-corrected chi connectivity index (χ2v) is 13.5. The van der Waals surface area contributed by atoms with Gasteiger partial charge in [-0.1, -0.05) is 49.3 Å². The molecule has 2 aromatic carbocycles. The molecule has 2 aliphatic rings. The molecule has 0 aliphatic carbocycles. The van der Waals surface area contributed by atoms with Crippen molar-refractivity contribution in [2.24, 2.45) is 11.8 Å². The minimum Gasteiger partial charge on any atom is -0.443 e. The van der Waals surface area contributed by atoms with Crippen LogP contribution in [0.1, 0.15) is 32.8 Å². The molecule has 3 N–H and O–H groups in total. The van der Waals surface area contributed by atoms with E-state index in [9.17, 15) is 23.1 Å². The van der Waals surface area contributed by atoms with E-state index in [1.807, 2.05) is 44.2 Å². The van der Waals surface area contributed by atoms with Gasteiger partial charge in [-0.05, 0) is 42.5 Å². The first kappa shape index (κ1) is 31.9. The summed E-state index contributed by atoms with van der Waals surface area (Å²) in [6.45, 7) is 5.60. The Hall–Kier alpha value is -3.56. The summed E-state index contributed by atoms with van der Waals surface area (Å²) in [4.78, 5) is 24.6. The van der Waals surface area contributed by atoms with Crippen LogP contribution in [-0.4, -0.2) is 85.8 Å². The van der Waals surface area contributed by atoms with E-state index >= 15 is 0 Å². The van der Waals surface area contributed by atoms with Gasteiger partial charge in [-0.3, -0.25) is 4.79 Å². The van der Waals surface area contributed by atoms with Crippen LogP contribution in [0.5, 0.6) is 0 Å². The summed E-state index contributed by atoms with van der Waals surface area (Å²) in [6, 6.07) is 12.6. The summed E-state index contributed by atoms with van der Waals surface area (Å²) in [7, 11) is -4.15. The molecule has 5 atom stereocenters. The lowest BCUT2D eigenvalue weighted by atomic mass is 10.0. The van der Waals surface area contributed by atoms with Crippen LogP contribution in [0.3, 0.4) is 0 Å². The Morgan fingerprint density at radius 2 is 1.91 bits per heavy atom. The number of carbonyl (C=O) groups is 2. The number of nitrogens with one attached hydrogen (secondary N) is 2. The second kappa shape index (κ2) is 13.6. The van der Waals surface area contributed by atoms with Gasteiger partial charge in [0.25, 0.3) is 0 Å². The summed E-state index contributed by atoms with van der Waals surface area (Å²) in [5.74, 6) is -0.418. The number of nitrogens with zero attached hydrogens (tertiary/aromatic N) is 2. The summed E-state index contributed by atoms with van der Waals surface area (Å²) >= 11 is 0. The van der Waals surface area contributed by atoms with Gasteiger partial charge in [0.15, 0.2) is 17.7 Å². The first-order chi connectivity index (χ1) is 21.0. The minimum atomic E-state index is -4.15. The molecule has 5 rings (SSSR count). The Kier molecular flexibility index (Phi) is 9.85. The number of amides is 2. The third-order valence-corrected chi connectivity index (χ3v) is 9.47. The fraction of sp³-hybridized carbons (Fsp3) is 0.500. The number of hydrogen-bond acceptors (Lipinski definition) is 10. The first-order valence-electron chi connectivity index (χ1n) is 14.6. The van der Waals surface area contributed by atoms with Gasteiger partial charge < -0.3 is 34.5 Å². The van der Waals surface area contributed by atoms with E-state index in [0.717, 1.165) is 5.56 Å². The smallest absolute Gasteiger partial charge is 0.407 e. The van der Waals surface area contributed by atoms with Crippen LogP contribution in [0.4, 0.5) is 10.6 Å². The Labute approximate surface area is 255 Å². The third kappa shape index (κ3) is 7.38. The molecule has 1 aromatic heterocycles. The maximum atomic E-state index is 14.0. The standard InChI is InChI=1S/C30H38N4O9S/c1-18(2)15-34(44(38,39)21-9-10-26-23(14-21)28(33-43-26)31-19(3)35)16-25(36)24(13-20-7-5-4-6-8-20)32-30(37)42-27-17-41-29-22(27)11-12-40-29/h4-10,14,18,22,24-25,27,29,36H,11-13,15-17H2,1-3H3,(H,32,37)(H,31,33,35)/t22-,24-,25+,27?,29+/m0/s1. The summed E-state index contributed by atoms with van der Waals surface area (Å²) in [5.41, 5.74) is 1.14. The molecule has 44 heavy (non-hydrogen) atoms. The molecule has 2 saturated heterocycles. The third-order valence-electron chi connectivity index (χ3n) is 7.64. The van der Waals surface area contributed by atoms with E-state index in [0.29, 0.717) is 24.0 Å². The van der Waals surface area contributed by atoms with Crippen molar-refractivity contribution < 1.29 is 41.8 Å². The number of aliphatic hydroxyl groups excluding tert-OH is 1. The van der Waals surface area contributed by atoms with Crippen LogP contribution < -0.4 is 10.6 Å². The molecule has 2 aliphatic heterocycles. The second-order valence-electron chi connectivity index (χ2n) is 11.6. The fourth-order valence-electron chi connectivity index (χ4n) is 5.52. The van der Waals surface area contributed by atoms with E-state index in [1.54, 1.807) is 0 Å². The Morgan fingerprint density at radius 1 is 1.14 bits per heavy atom. The van der Waals surface area contributed by atoms with E-state index < -0.39 is 34.4 Å². The monoisotopic (exact) mass is 630 g/mol. The van der Waals surface area contributed by atoms with E-state index in [4.69, 9.17) is 18.7 Å². The van der Waals surface area contributed by atoms with Crippen LogP contribution in [0, 0.1) is 11.8 Å². The molecule has 3 aromatic rings. The molecule has 0 spiro atoms. The number of ether oxygens (including phenoxy) is 3. The van der Waals surface area contributed by atoms with Crippen LogP contribution in [-0.2, 0) is 35.4 Å². The molecule has 0 saturated carbocycles. The zero-order chi connectivity index (χ0) is 31.4. The maximum absolute atomic E-state index is 14.0. The van der Waals surface area contributed by atoms with Gasteiger partial charge in [0.05, 0.1) is 41.6 Å². The number of benzene rings is 2. The number of rotatable bonds is 12. The number of alkyl carbamates (subject to hydrolysis) is 1. The predicted molar refractivity (Wildman–Crippen MR) is 159 cm³/mol. The average Bonchev–Trinajstić information content (AvgIpc) is 3.70. The highest BCUT2D eigenvalue weighted by Gasteiger charge is 2.44. The lowest BCUT2D eigenvalue weighted by Crippen LogP contribution is -2.51. The van der Waals surface area contributed by atoms with Crippen molar-refractivity contribution >= 4 is 38.8 Å². The van der Waals surface area contributed by atoms with E-state index in [2.05, 4.69) is 15.8 Å². The largest absolute Gasteiger partial charge is 0.443 e. The molecule has 1 unspecified atom stereocenters. The SMILES string of the molecule is CC(=O)Nc1noc2ccc(S(=O)(=O)N(CC(C)C)C[C@@H](O)[C@H](Cc3ccccc3)NC(=O)OC3CO[C@H]4OCC[C@@H]34)cc12. The van der Waals surface area contributed by atoms with Crippen LogP contribution in [0.15, 0.2) is 57.9 Å². The highest BCUT2D eigenvalue weighted by atomic mass is 32.2. The van der Waals surface area contributed by atoms with Gasteiger partial charge in [0.1, 0.15) is 6.10 Å². The summed E-state index contributed by atoms with van der Waals surface area (Å²) in [6.07, 6.45) is -1.95. The minimum absolute atomic E-state index is 0.0566. The quantitative estimate of drug-likeness (QED) is 0.270. The van der Waals surface area contributed by atoms with Crippen LogP contribution >= 0.6 is 0 Å².